The molecule has 2 nitrogen and oxygen atoms in total. The van der Waals surface area contributed by atoms with E-state index in [0.717, 1.165) is 32.1 Å². The molecule has 0 spiro atoms. The second-order valence-corrected chi connectivity index (χ2v) is 6.09. The molecule has 0 aromatic carbocycles. The summed E-state index contributed by atoms with van der Waals surface area (Å²) in [5.74, 6) is 2.42. The molecule has 4 atom stereocenters. The van der Waals surface area contributed by atoms with Crippen molar-refractivity contribution in [2.45, 2.75) is 52.9 Å². The third-order valence-electron chi connectivity index (χ3n) is 5.06. The van der Waals surface area contributed by atoms with Gasteiger partial charge in [0, 0.05) is 24.7 Å². The van der Waals surface area contributed by atoms with Crippen molar-refractivity contribution in [3.63, 3.8) is 0 Å². The first-order valence-corrected chi connectivity index (χ1v) is 7.11. The molecule has 17 heavy (non-hydrogen) atoms. The van der Waals surface area contributed by atoms with Gasteiger partial charge >= 0.3 is 0 Å². The molecule has 0 aliphatic heterocycles. The maximum absolute atomic E-state index is 12.0. The van der Waals surface area contributed by atoms with Crippen LogP contribution in [0.2, 0.25) is 0 Å². The Morgan fingerprint density at radius 1 is 1.00 bits per heavy atom. The van der Waals surface area contributed by atoms with Gasteiger partial charge < -0.3 is 0 Å². The summed E-state index contributed by atoms with van der Waals surface area (Å²) in [6.45, 7) is 6.51. The first-order valence-electron chi connectivity index (χ1n) is 7.11. The fourth-order valence-electron chi connectivity index (χ4n) is 4.12. The zero-order valence-electron chi connectivity index (χ0n) is 11.2. The van der Waals surface area contributed by atoms with Crippen LogP contribution in [0.25, 0.3) is 0 Å². The molecule has 2 aliphatic carbocycles. The lowest BCUT2D eigenvalue weighted by atomic mass is 9.71. The highest BCUT2D eigenvalue weighted by molar-refractivity contribution is 5.87. The zero-order valence-corrected chi connectivity index (χ0v) is 11.2. The summed E-state index contributed by atoms with van der Waals surface area (Å²) in [6.07, 6.45) is 4.49. The molecule has 0 radical (unpaired) electrons. The second kappa shape index (κ2) is 4.91. The van der Waals surface area contributed by atoms with Crippen molar-refractivity contribution in [1.82, 2.24) is 0 Å². The molecule has 2 fully saturated rings. The van der Waals surface area contributed by atoms with Gasteiger partial charge in [0.2, 0.25) is 0 Å². The fourth-order valence-corrected chi connectivity index (χ4v) is 4.12. The van der Waals surface area contributed by atoms with Crippen molar-refractivity contribution in [2.24, 2.45) is 29.6 Å². The second-order valence-electron chi connectivity index (χ2n) is 6.09. The van der Waals surface area contributed by atoms with E-state index in [9.17, 15) is 9.59 Å². The Morgan fingerprint density at radius 2 is 1.41 bits per heavy atom. The summed E-state index contributed by atoms with van der Waals surface area (Å²) in [7, 11) is 0. The first-order chi connectivity index (χ1) is 8.06. The van der Waals surface area contributed by atoms with E-state index in [-0.39, 0.29) is 11.8 Å². The molecule has 0 heterocycles. The van der Waals surface area contributed by atoms with E-state index in [2.05, 4.69) is 20.8 Å². The minimum Gasteiger partial charge on any atom is -0.299 e. The van der Waals surface area contributed by atoms with E-state index in [1.165, 1.54) is 0 Å². The van der Waals surface area contributed by atoms with Crippen molar-refractivity contribution >= 4 is 11.6 Å². The van der Waals surface area contributed by atoms with Crippen molar-refractivity contribution < 1.29 is 9.59 Å². The van der Waals surface area contributed by atoms with E-state index in [1.807, 2.05) is 0 Å². The van der Waals surface area contributed by atoms with Crippen LogP contribution >= 0.6 is 0 Å². The highest BCUT2D eigenvalue weighted by atomic mass is 16.1. The Hall–Kier alpha value is -0.660. The van der Waals surface area contributed by atoms with Gasteiger partial charge in [0.25, 0.3) is 0 Å². The molecule has 2 rings (SSSR count). The molecular weight excluding hydrogens is 212 g/mol. The van der Waals surface area contributed by atoms with Crippen LogP contribution < -0.4 is 0 Å². The first kappa shape index (κ1) is 12.8. The fraction of sp³-hybridized carbons (Fsp3) is 0.867. The van der Waals surface area contributed by atoms with Gasteiger partial charge in [0.1, 0.15) is 11.6 Å². The van der Waals surface area contributed by atoms with Crippen LogP contribution in [0.3, 0.4) is 0 Å². The van der Waals surface area contributed by atoms with Crippen LogP contribution in [0.5, 0.6) is 0 Å². The van der Waals surface area contributed by atoms with Gasteiger partial charge in [-0.25, -0.2) is 0 Å². The van der Waals surface area contributed by atoms with Crippen LogP contribution in [0.1, 0.15) is 52.9 Å². The maximum atomic E-state index is 12.0. The molecule has 2 saturated carbocycles. The summed E-state index contributed by atoms with van der Waals surface area (Å²) in [5.41, 5.74) is 0. The molecule has 0 saturated heterocycles. The lowest BCUT2D eigenvalue weighted by Crippen LogP contribution is -2.33. The topological polar surface area (TPSA) is 34.1 Å². The number of hydrogen-bond donors (Lipinski definition) is 0. The Kier molecular flexibility index (Phi) is 3.70. The van der Waals surface area contributed by atoms with Crippen LogP contribution in [-0.2, 0) is 9.59 Å². The van der Waals surface area contributed by atoms with Crippen molar-refractivity contribution in [1.29, 1.82) is 0 Å². The molecule has 0 bridgehead atoms. The van der Waals surface area contributed by atoms with E-state index in [1.54, 1.807) is 0 Å². The lowest BCUT2D eigenvalue weighted by Gasteiger charge is -2.31. The Labute approximate surface area is 104 Å². The molecule has 0 aromatic rings. The summed E-state index contributed by atoms with van der Waals surface area (Å²) in [5, 5.41) is 0. The van der Waals surface area contributed by atoms with E-state index >= 15 is 0 Å². The van der Waals surface area contributed by atoms with E-state index in [0.29, 0.717) is 29.3 Å². The molecule has 96 valence electrons. The standard InChI is InChI=1S/C15H24O2/c1-4-11(14-9(2)5-7-12(14)16)15-10(3)6-8-13(15)17/h9-11,14-15H,4-8H2,1-3H3. The van der Waals surface area contributed by atoms with Crippen LogP contribution in [0.4, 0.5) is 0 Å². The molecule has 2 aliphatic rings. The van der Waals surface area contributed by atoms with Gasteiger partial charge in [-0.3, -0.25) is 9.59 Å². The van der Waals surface area contributed by atoms with Crippen LogP contribution in [0.15, 0.2) is 0 Å². The van der Waals surface area contributed by atoms with Crippen molar-refractivity contribution in [3.8, 4) is 0 Å². The Balaban J connectivity index is 2.20. The highest BCUT2D eigenvalue weighted by Gasteiger charge is 2.45. The third kappa shape index (κ3) is 2.19. The predicted octanol–water partition coefficient (Wildman–Crippen LogP) is 3.24. The zero-order chi connectivity index (χ0) is 12.6. The van der Waals surface area contributed by atoms with Gasteiger partial charge in [-0.15, -0.1) is 0 Å². The molecule has 0 N–H and O–H groups in total. The minimum absolute atomic E-state index is 0.162. The van der Waals surface area contributed by atoms with Crippen molar-refractivity contribution in [3.05, 3.63) is 0 Å². The highest BCUT2D eigenvalue weighted by Crippen LogP contribution is 2.45. The van der Waals surface area contributed by atoms with Crippen molar-refractivity contribution in [2.75, 3.05) is 0 Å². The lowest BCUT2D eigenvalue weighted by molar-refractivity contribution is -0.127. The molecule has 4 unspecified atom stereocenters. The number of rotatable bonds is 3. The van der Waals surface area contributed by atoms with Gasteiger partial charge in [-0.2, -0.15) is 0 Å². The number of hydrogen-bond acceptors (Lipinski definition) is 2. The predicted molar refractivity (Wildman–Crippen MR) is 67.6 cm³/mol. The van der Waals surface area contributed by atoms with Gasteiger partial charge in [-0.05, 0) is 30.6 Å². The summed E-state index contributed by atoms with van der Waals surface area (Å²) >= 11 is 0. The summed E-state index contributed by atoms with van der Waals surface area (Å²) < 4.78 is 0. The number of carbonyl (C=O) groups excluding carboxylic acids is 2. The summed E-state index contributed by atoms with van der Waals surface area (Å²) in [6, 6.07) is 0. The molecular formula is C15H24O2. The average molecular weight is 236 g/mol. The maximum Gasteiger partial charge on any atom is 0.136 e. The molecule has 0 amide bonds. The monoisotopic (exact) mass is 236 g/mol. The van der Waals surface area contributed by atoms with E-state index < -0.39 is 0 Å². The Morgan fingerprint density at radius 3 is 1.65 bits per heavy atom. The smallest absolute Gasteiger partial charge is 0.136 e. The minimum atomic E-state index is 0.162. The van der Waals surface area contributed by atoms with Crippen LogP contribution in [-0.4, -0.2) is 11.6 Å². The molecule has 2 heteroatoms. The quantitative estimate of drug-likeness (QED) is 0.754. The average Bonchev–Trinajstić information content (AvgIpc) is 2.78. The van der Waals surface area contributed by atoms with Gasteiger partial charge in [0.05, 0.1) is 0 Å². The molecule has 0 aromatic heterocycles. The third-order valence-corrected chi connectivity index (χ3v) is 5.06. The SMILES string of the molecule is CCC(C1C(=O)CCC1C)C1C(=O)CCC1C. The normalized spacial score (nSPS) is 39.9. The van der Waals surface area contributed by atoms with E-state index in [4.69, 9.17) is 0 Å². The number of ketones is 2. The summed E-state index contributed by atoms with van der Waals surface area (Å²) in [4.78, 5) is 24.1. The van der Waals surface area contributed by atoms with Gasteiger partial charge in [-0.1, -0.05) is 27.2 Å². The Bertz CT molecular complexity index is 291. The number of carbonyl (C=O) groups is 2. The van der Waals surface area contributed by atoms with Crippen LogP contribution in [0, 0.1) is 29.6 Å². The largest absolute Gasteiger partial charge is 0.299 e. The van der Waals surface area contributed by atoms with Gasteiger partial charge in [0.15, 0.2) is 0 Å². The number of Topliss-reactive ketones (excluding diaryl/α,β-unsaturated/α-hetero) is 2.